The second-order valence-electron chi connectivity index (χ2n) is 5.03. The van der Waals surface area contributed by atoms with Gasteiger partial charge in [-0.25, -0.2) is 8.78 Å². The molecule has 0 aromatic heterocycles. The molecule has 1 heterocycles. The number of hydrogen-bond donors (Lipinski definition) is 1. The van der Waals surface area contributed by atoms with Gasteiger partial charge in [-0.05, 0) is 37.0 Å². The van der Waals surface area contributed by atoms with Crippen molar-refractivity contribution in [3.8, 4) is 11.5 Å². The maximum Gasteiger partial charge on any atom is 0.264 e. The largest absolute Gasteiger partial charge is 0.486 e. The molecule has 2 aliphatic rings. The van der Waals surface area contributed by atoms with Crippen LogP contribution in [0.25, 0.3) is 0 Å². The number of hydrogen-bond acceptors (Lipinski definition) is 3. The SMILES string of the molecule is NC1(Cc2cc3c(cc2C(F)F)OCCO3)CC1. The first-order chi connectivity index (χ1) is 8.57. The minimum absolute atomic E-state index is 0.0102. The Morgan fingerprint density at radius 3 is 2.33 bits per heavy atom. The lowest BCUT2D eigenvalue weighted by Crippen LogP contribution is -2.25. The van der Waals surface area contributed by atoms with Gasteiger partial charge < -0.3 is 15.2 Å². The van der Waals surface area contributed by atoms with E-state index in [4.69, 9.17) is 15.2 Å². The molecule has 2 N–H and O–H groups in total. The van der Waals surface area contributed by atoms with Crippen LogP contribution in [0, 0.1) is 0 Å². The highest BCUT2D eigenvalue weighted by Gasteiger charge is 2.39. The average Bonchev–Trinajstić information content (AvgIpc) is 3.05. The van der Waals surface area contributed by atoms with Crippen LogP contribution in [0.1, 0.15) is 30.4 Å². The summed E-state index contributed by atoms with van der Waals surface area (Å²) in [6, 6.07) is 3.04. The van der Waals surface area contributed by atoms with Crippen LogP contribution in [0.15, 0.2) is 12.1 Å². The Labute approximate surface area is 104 Å². The second-order valence-corrected chi connectivity index (χ2v) is 5.03. The zero-order chi connectivity index (χ0) is 12.8. The summed E-state index contributed by atoms with van der Waals surface area (Å²) >= 11 is 0. The fourth-order valence-electron chi connectivity index (χ4n) is 2.22. The van der Waals surface area contributed by atoms with Gasteiger partial charge in [0.15, 0.2) is 11.5 Å². The van der Waals surface area contributed by atoms with Crippen LogP contribution in [-0.4, -0.2) is 18.8 Å². The van der Waals surface area contributed by atoms with E-state index >= 15 is 0 Å². The minimum atomic E-state index is -2.52. The lowest BCUT2D eigenvalue weighted by atomic mass is 9.98. The topological polar surface area (TPSA) is 44.5 Å². The Morgan fingerprint density at radius 1 is 1.17 bits per heavy atom. The Kier molecular flexibility index (Phi) is 2.66. The highest BCUT2D eigenvalue weighted by molar-refractivity contribution is 5.49. The van der Waals surface area contributed by atoms with Crippen LogP contribution in [0.5, 0.6) is 11.5 Å². The number of benzene rings is 1. The van der Waals surface area contributed by atoms with Gasteiger partial charge in [0, 0.05) is 11.1 Å². The standard InChI is InChI=1S/C13H15F2NO2/c14-12(15)9-6-11-10(17-3-4-18-11)5-8(9)7-13(16)1-2-13/h5-6,12H,1-4,7,16H2. The Balaban J connectivity index is 1.98. The van der Waals surface area contributed by atoms with E-state index in [1.54, 1.807) is 6.07 Å². The molecular formula is C13H15F2NO2. The zero-order valence-electron chi connectivity index (χ0n) is 9.92. The van der Waals surface area contributed by atoms with E-state index in [0.717, 1.165) is 12.8 Å². The molecular weight excluding hydrogens is 240 g/mol. The smallest absolute Gasteiger partial charge is 0.264 e. The van der Waals surface area contributed by atoms with Crippen molar-refractivity contribution in [3.63, 3.8) is 0 Å². The van der Waals surface area contributed by atoms with Crippen LogP contribution in [0.4, 0.5) is 8.78 Å². The Morgan fingerprint density at radius 2 is 1.78 bits per heavy atom. The zero-order valence-corrected chi connectivity index (χ0v) is 9.92. The van der Waals surface area contributed by atoms with Gasteiger partial charge in [0.25, 0.3) is 6.43 Å². The molecule has 0 atom stereocenters. The van der Waals surface area contributed by atoms with Gasteiger partial charge >= 0.3 is 0 Å². The molecule has 18 heavy (non-hydrogen) atoms. The normalized spacial score (nSPS) is 20.0. The van der Waals surface area contributed by atoms with Crippen molar-refractivity contribution in [2.45, 2.75) is 31.2 Å². The molecule has 3 rings (SSSR count). The van der Waals surface area contributed by atoms with E-state index in [0.29, 0.717) is 36.7 Å². The van der Waals surface area contributed by atoms with E-state index < -0.39 is 6.43 Å². The molecule has 0 radical (unpaired) electrons. The van der Waals surface area contributed by atoms with Crippen molar-refractivity contribution < 1.29 is 18.3 Å². The number of alkyl halides is 2. The maximum atomic E-state index is 13.1. The summed E-state index contributed by atoms with van der Waals surface area (Å²) in [7, 11) is 0. The van der Waals surface area contributed by atoms with E-state index in [1.165, 1.54) is 6.07 Å². The van der Waals surface area contributed by atoms with Gasteiger partial charge in [-0.15, -0.1) is 0 Å². The molecule has 0 unspecified atom stereocenters. The molecule has 98 valence electrons. The first-order valence-electron chi connectivity index (χ1n) is 6.07. The number of nitrogens with two attached hydrogens (primary N) is 1. The van der Waals surface area contributed by atoms with E-state index in [9.17, 15) is 8.78 Å². The summed E-state index contributed by atoms with van der Waals surface area (Å²) in [6.45, 7) is 0.851. The quantitative estimate of drug-likeness (QED) is 0.902. The molecule has 3 nitrogen and oxygen atoms in total. The van der Waals surface area contributed by atoms with E-state index in [1.807, 2.05) is 0 Å². The van der Waals surface area contributed by atoms with Crippen molar-refractivity contribution in [1.29, 1.82) is 0 Å². The summed E-state index contributed by atoms with van der Waals surface area (Å²) in [5, 5.41) is 0. The Hall–Kier alpha value is -1.36. The van der Waals surface area contributed by atoms with Crippen LogP contribution < -0.4 is 15.2 Å². The third-order valence-electron chi connectivity index (χ3n) is 3.47. The number of rotatable bonds is 3. The molecule has 0 bridgehead atoms. The molecule has 1 aromatic carbocycles. The maximum absolute atomic E-state index is 13.1. The number of ether oxygens (including phenoxy) is 2. The van der Waals surface area contributed by atoms with Crippen molar-refractivity contribution in [3.05, 3.63) is 23.3 Å². The average molecular weight is 255 g/mol. The van der Waals surface area contributed by atoms with Gasteiger partial charge in [-0.2, -0.15) is 0 Å². The molecule has 1 aromatic rings. The summed E-state index contributed by atoms with van der Waals surface area (Å²) < 4.78 is 36.9. The van der Waals surface area contributed by atoms with Crippen LogP contribution in [0.2, 0.25) is 0 Å². The highest BCUT2D eigenvalue weighted by Crippen LogP contribution is 2.42. The number of fused-ring (bicyclic) bond motifs is 1. The molecule has 1 aliphatic heterocycles. The first-order valence-corrected chi connectivity index (χ1v) is 6.07. The third-order valence-corrected chi connectivity index (χ3v) is 3.47. The third kappa shape index (κ3) is 2.14. The van der Waals surface area contributed by atoms with E-state index in [-0.39, 0.29) is 11.1 Å². The fraction of sp³-hybridized carbons (Fsp3) is 0.538. The predicted molar refractivity (Wildman–Crippen MR) is 62.2 cm³/mol. The summed E-state index contributed by atoms with van der Waals surface area (Å²) in [5.41, 5.74) is 6.30. The molecule has 0 saturated heterocycles. The highest BCUT2D eigenvalue weighted by atomic mass is 19.3. The lowest BCUT2D eigenvalue weighted by molar-refractivity contribution is 0.145. The minimum Gasteiger partial charge on any atom is -0.486 e. The van der Waals surface area contributed by atoms with Gasteiger partial charge in [0.05, 0.1) is 0 Å². The van der Waals surface area contributed by atoms with E-state index in [2.05, 4.69) is 0 Å². The molecule has 0 amide bonds. The van der Waals surface area contributed by atoms with Crippen molar-refractivity contribution in [2.24, 2.45) is 5.73 Å². The second kappa shape index (κ2) is 4.09. The van der Waals surface area contributed by atoms with Gasteiger partial charge in [-0.3, -0.25) is 0 Å². The lowest BCUT2D eigenvalue weighted by Gasteiger charge is -2.22. The summed E-state index contributed by atoms with van der Waals surface area (Å²) in [4.78, 5) is 0. The molecule has 1 aliphatic carbocycles. The van der Waals surface area contributed by atoms with Crippen molar-refractivity contribution >= 4 is 0 Å². The van der Waals surface area contributed by atoms with Crippen molar-refractivity contribution in [1.82, 2.24) is 0 Å². The molecule has 1 saturated carbocycles. The number of halogens is 2. The summed E-state index contributed by atoms with van der Waals surface area (Å²) in [6.07, 6.45) is -0.254. The fourth-order valence-corrected chi connectivity index (χ4v) is 2.22. The van der Waals surface area contributed by atoms with Crippen LogP contribution >= 0.6 is 0 Å². The van der Waals surface area contributed by atoms with Crippen molar-refractivity contribution in [2.75, 3.05) is 13.2 Å². The monoisotopic (exact) mass is 255 g/mol. The van der Waals surface area contributed by atoms with Gasteiger partial charge in [-0.1, -0.05) is 0 Å². The molecule has 0 spiro atoms. The summed E-state index contributed by atoms with van der Waals surface area (Å²) in [5.74, 6) is 0.951. The van der Waals surface area contributed by atoms with Crippen LogP contribution in [-0.2, 0) is 6.42 Å². The molecule has 1 fully saturated rings. The predicted octanol–water partition coefficient (Wildman–Crippen LogP) is 2.43. The van der Waals surface area contributed by atoms with Gasteiger partial charge in [0.2, 0.25) is 0 Å². The van der Waals surface area contributed by atoms with Gasteiger partial charge in [0.1, 0.15) is 13.2 Å². The first kappa shape index (κ1) is 11.7. The van der Waals surface area contributed by atoms with Crippen LogP contribution in [0.3, 0.4) is 0 Å². The molecule has 5 heteroatoms. The Bertz CT molecular complexity index is 472.